The Kier molecular flexibility index (Phi) is 11.9. The number of hydrogen-bond donors (Lipinski definition) is 2. The third kappa shape index (κ3) is 9.24. The maximum Gasteiger partial charge on any atom is 0.408 e. The first-order chi connectivity index (χ1) is 15.9. The summed E-state index contributed by atoms with van der Waals surface area (Å²) in [5.74, 6) is -0.914. The standard InChI is InChI=1S/C24H37N3O6S/c1-8-27(22(30)18(13-14-34-7)26-23(31)33-24(3,4)5)20(17-12-10-9-11-16(17)2)21(29)25-15-19(28)32-6/h9-12,18,20H,8,13-15H2,1-7H3,(H,25,29)(H,26,31). The number of aryl methyl sites for hydroxylation is 1. The van der Waals surface area contributed by atoms with Crippen LogP contribution in [0.4, 0.5) is 4.79 Å². The van der Waals surface area contributed by atoms with E-state index in [1.807, 2.05) is 25.3 Å². The van der Waals surface area contributed by atoms with Crippen molar-refractivity contribution in [2.45, 2.75) is 58.7 Å². The number of likely N-dealkylation sites (N-methyl/N-ethyl adjacent to an activating group) is 1. The van der Waals surface area contributed by atoms with Crippen molar-refractivity contribution in [3.05, 3.63) is 35.4 Å². The largest absolute Gasteiger partial charge is 0.468 e. The minimum Gasteiger partial charge on any atom is -0.468 e. The molecule has 0 aliphatic rings. The number of esters is 1. The average molecular weight is 496 g/mol. The molecule has 3 amide bonds. The number of alkyl carbamates (subject to hydrolysis) is 1. The van der Waals surface area contributed by atoms with Crippen LogP contribution in [0.1, 0.15) is 51.3 Å². The molecule has 1 aromatic rings. The molecular weight excluding hydrogens is 458 g/mol. The zero-order chi connectivity index (χ0) is 25.9. The summed E-state index contributed by atoms with van der Waals surface area (Å²) in [6.07, 6.45) is 1.56. The first-order valence-corrected chi connectivity index (χ1v) is 12.5. The summed E-state index contributed by atoms with van der Waals surface area (Å²) < 4.78 is 9.95. The smallest absolute Gasteiger partial charge is 0.408 e. The number of ether oxygens (including phenoxy) is 2. The van der Waals surface area contributed by atoms with Crippen LogP contribution in [0.15, 0.2) is 24.3 Å². The van der Waals surface area contributed by atoms with E-state index in [1.54, 1.807) is 51.6 Å². The zero-order valence-electron chi connectivity index (χ0n) is 21.1. The van der Waals surface area contributed by atoms with Gasteiger partial charge in [-0.25, -0.2) is 4.79 Å². The van der Waals surface area contributed by atoms with Crippen molar-refractivity contribution in [2.75, 3.05) is 32.2 Å². The van der Waals surface area contributed by atoms with Gasteiger partial charge in [0.1, 0.15) is 24.2 Å². The molecule has 0 aliphatic heterocycles. The van der Waals surface area contributed by atoms with E-state index in [0.29, 0.717) is 17.7 Å². The van der Waals surface area contributed by atoms with Crippen molar-refractivity contribution >= 4 is 35.6 Å². The minimum absolute atomic E-state index is 0.204. The maximum atomic E-state index is 13.7. The van der Waals surface area contributed by atoms with Crippen molar-refractivity contribution in [1.29, 1.82) is 0 Å². The van der Waals surface area contributed by atoms with E-state index in [0.717, 1.165) is 5.56 Å². The fourth-order valence-electron chi connectivity index (χ4n) is 3.28. The average Bonchev–Trinajstić information content (AvgIpc) is 2.77. The van der Waals surface area contributed by atoms with Crippen LogP contribution in [0.25, 0.3) is 0 Å². The predicted octanol–water partition coefficient (Wildman–Crippen LogP) is 2.82. The van der Waals surface area contributed by atoms with Crippen LogP contribution in [-0.2, 0) is 23.9 Å². The lowest BCUT2D eigenvalue weighted by Crippen LogP contribution is -2.53. The Bertz CT molecular complexity index is 855. The lowest BCUT2D eigenvalue weighted by molar-refractivity contribution is -0.144. The summed E-state index contributed by atoms with van der Waals surface area (Å²) in [7, 11) is 1.23. The highest BCUT2D eigenvalue weighted by molar-refractivity contribution is 7.98. The second-order valence-corrected chi connectivity index (χ2v) is 9.64. The summed E-state index contributed by atoms with van der Waals surface area (Å²) >= 11 is 1.54. The van der Waals surface area contributed by atoms with Crippen LogP contribution in [-0.4, -0.2) is 72.6 Å². The van der Waals surface area contributed by atoms with Gasteiger partial charge in [0.15, 0.2) is 0 Å². The predicted molar refractivity (Wildman–Crippen MR) is 132 cm³/mol. The lowest BCUT2D eigenvalue weighted by atomic mass is 9.98. The first-order valence-electron chi connectivity index (χ1n) is 11.1. The molecule has 190 valence electrons. The number of nitrogens with zero attached hydrogens (tertiary/aromatic N) is 1. The molecule has 2 N–H and O–H groups in total. The molecule has 1 aromatic carbocycles. The third-order valence-electron chi connectivity index (χ3n) is 4.90. The third-order valence-corrected chi connectivity index (χ3v) is 5.55. The topological polar surface area (TPSA) is 114 Å². The van der Waals surface area contributed by atoms with Crippen molar-refractivity contribution in [3.63, 3.8) is 0 Å². The van der Waals surface area contributed by atoms with Crippen LogP contribution in [0, 0.1) is 6.92 Å². The molecule has 0 aliphatic carbocycles. The van der Waals surface area contributed by atoms with E-state index in [-0.39, 0.29) is 13.1 Å². The second kappa shape index (κ2) is 13.8. The number of amides is 3. The molecule has 2 unspecified atom stereocenters. The van der Waals surface area contributed by atoms with Gasteiger partial charge in [-0.1, -0.05) is 24.3 Å². The highest BCUT2D eigenvalue weighted by atomic mass is 32.2. The van der Waals surface area contributed by atoms with E-state index in [9.17, 15) is 19.2 Å². The van der Waals surface area contributed by atoms with Crippen LogP contribution < -0.4 is 10.6 Å². The van der Waals surface area contributed by atoms with Crippen LogP contribution in [0.5, 0.6) is 0 Å². The van der Waals surface area contributed by atoms with Gasteiger partial charge in [0.25, 0.3) is 0 Å². The molecular formula is C24H37N3O6S. The van der Waals surface area contributed by atoms with Gasteiger partial charge in [-0.2, -0.15) is 11.8 Å². The van der Waals surface area contributed by atoms with Gasteiger partial charge in [-0.15, -0.1) is 0 Å². The zero-order valence-corrected chi connectivity index (χ0v) is 21.9. The van der Waals surface area contributed by atoms with Crippen molar-refractivity contribution < 1.29 is 28.7 Å². The molecule has 0 saturated carbocycles. The molecule has 1 rings (SSSR count). The number of benzene rings is 1. The number of carbonyl (C=O) groups excluding carboxylic acids is 4. The fraction of sp³-hybridized carbons (Fsp3) is 0.583. The summed E-state index contributed by atoms with van der Waals surface area (Å²) in [5.41, 5.74) is 0.715. The second-order valence-electron chi connectivity index (χ2n) is 8.66. The fourth-order valence-corrected chi connectivity index (χ4v) is 3.75. The van der Waals surface area contributed by atoms with Crippen molar-refractivity contribution in [2.24, 2.45) is 0 Å². The van der Waals surface area contributed by atoms with Crippen molar-refractivity contribution in [1.82, 2.24) is 15.5 Å². The van der Waals surface area contributed by atoms with Gasteiger partial charge in [-0.3, -0.25) is 14.4 Å². The lowest BCUT2D eigenvalue weighted by Gasteiger charge is -2.34. The van der Waals surface area contributed by atoms with Crippen LogP contribution in [0.2, 0.25) is 0 Å². The highest BCUT2D eigenvalue weighted by Crippen LogP contribution is 2.26. The number of rotatable bonds is 11. The molecule has 10 heteroatoms. The summed E-state index contributed by atoms with van der Waals surface area (Å²) in [4.78, 5) is 52.4. The van der Waals surface area contributed by atoms with Crippen molar-refractivity contribution in [3.8, 4) is 0 Å². The molecule has 9 nitrogen and oxygen atoms in total. The molecule has 0 spiro atoms. The molecule has 2 atom stereocenters. The Balaban J connectivity index is 3.32. The number of thioether (sulfide) groups is 1. The number of nitrogens with one attached hydrogen (secondary N) is 2. The molecule has 0 heterocycles. The quantitative estimate of drug-likeness (QED) is 0.454. The SMILES string of the molecule is CCN(C(=O)C(CCSC)NC(=O)OC(C)(C)C)C(C(=O)NCC(=O)OC)c1ccccc1C. The number of methoxy groups -OCH3 is 1. The first kappa shape index (κ1) is 29.3. The minimum atomic E-state index is -0.999. The van der Waals surface area contributed by atoms with Gasteiger partial charge >= 0.3 is 12.1 Å². The normalized spacial score (nSPS) is 12.8. The van der Waals surface area contributed by atoms with E-state index in [4.69, 9.17) is 4.74 Å². The van der Waals surface area contributed by atoms with Gasteiger partial charge in [0.2, 0.25) is 11.8 Å². The van der Waals surface area contributed by atoms with Gasteiger partial charge in [0.05, 0.1) is 7.11 Å². The summed E-state index contributed by atoms with van der Waals surface area (Å²) in [6, 6.07) is 5.35. The molecule has 0 fully saturated rings. The number of hydrogen-bond acceptors (Lipinski definition) is 7. The Morgan fingerprint density at radius 2 is 1.79 bits per heavy atom. The Labute approximate surface area is 206 Å². The Hall–Kier alpha value is -2.75. The van der Waals surface area contributed by atoms with Crippen LogP contribution in [0.3, 0.4) is 0 Å². The van der Waals surface area contributed by atoms with E-state index >= 15 is 0 Å². The van der Waals surface area contributed by atoms with E-state index in [2.05, 4.69) is 15.4 Å². The van der Waals surface area contributed by atoms with Gasteiger partial charge < -0.3 is 25.0 Å². The number of carbonyl (C=O) groups is 4. The van der Waals surface area contributed by atoms with Gasteiger partial charge in [-0.05, 0) is 64.2 Å². The monoisotopic (exact) mass is 495 g/mol. The summed E-state index contributed by atoms with van der Waals surface area (Å²) in [5, 5.41) is 5.23. The molecule has 0 saturated heterocycles. The molecule has 0 bridgehead atoms. The Morgan fingerprint density at radius 1 is 1.15 bits per heavy atom. The maximum absolute atomic E-state index is 13.7. The summed E-state index contributed by atoms with van der Waals surface area (Å²) in [6.45, 7) is 8.70. The highest BCUT2D eigenvalue weighted by Gasteiger charge is 2.36. The molecule has 0 aromatic heterocycles. The van der Waals surface area contributed by atoms with E-state index < -0.39 is 41.6 Å². The van der Waals surface area contributed by atoms with Gasteiger partial charge in [0, 0.05) is 6.54 Å². The Morgan fingerprint density at radius 3 is 2.32 bits per heavy atom. The molecule has 0 radical (unpaired) electrons. The van der Waals surface area contributed by atoms with Crippen LogP contribution >= 0.6 is 11.8 Å². The van der Waals surface area contributed by atoms with E-state index in [1.165, 1.54) is 12.0 Å². The molecule has 34 heavy (non-hydrogen) atoms.